The Bertz CT molecular complexity index is 360. The Hall–Kier alpha value is -0.970. The summed E-state index contributed by atoms with van der Waals surface area (Å²) in [5.41, 5.74) is -1.45. The van der Waals surface area contributed by atoms with Gasteiger partial charge in [-0.2, -0.15) is 13.2 Å². The summed E-state index contributed by atoms with van der Waals surface area (Å²) in [6.07, 6.45) is -1.84. The number of alkyl halides is 3. The molecule has 0 aromatic carbocycles. The SMILES string of the molecule is CCC1C=C(C(F)(F)F)C(C(=O)Cl)=CN1C. The number of rotatable bonds is 2. The van der Waals surface area contributed by atoms with Gasteiger partial charge < -0.3 is 4.90 Å². The van der Waals surface area contributed by atoms with Crippen LogP contribution in [0.2, 0.25) is 0 Å². The Labute approximate surface area is 96.4 Å². The van der Waals surface area contributed by atoms with Gasteiger partial charge in [0.2, 0.25) is 0 Å². The minimum absolute atomic E-state index is 0.364. The fourth-order valence-electron chi connectivity index (χ4n) is 1.58. The molecule has 1 unspecified atom stereocenters. The average Bonchev–Trinajstić information content (AvgIpc) is 2.15. The van der Waals surface area contributed by atoms with E-state index in [9.17, 15) is 18.0 Å². The summed E-state index contributed by atoms with van der Waals surface area (Å²) in [6, 6.07) is -0.364. The highest BCUT2D eigenvalue weighted by atomic mass is 35.5. The van der Waals surface area contributed by atoms with Crippen molar-refractivity contribution in [1.29, 1.82) is 0 Å². The Morgan fingerprint density at radius 2 is 2.12 bits per heavy atom. The molecule has 1 heterocycles. The van der Waals surface area contributed by atoms with E-state index in [1.807, 2.05) is 0 Å². The summed E-state index contributed by atoms with van der Waals surface area (Å²) in [5.74, 6) is 0. The van der Waals surface area contributed by atoms with Crippen molar-refractivity contribution >= 4 is 16.8 Å². The first-order valence-electron chi connectivity index (χ1n) is 4.70. The van der Waals surface area contributed by atoms with Gasteiger partial charge in [0.1, 0.15) is 0 Å². The van der Waals surface area contributed by atoms with Gasteiger partial charge in [0.15, 0.2) is 0 Å². The minimum Gasteiger partial charge on any atom is -0.373 e. The average molecular weight is 254 g/mol. The number of nitrogens with zero attached hydrogens (tertiary/aromatic N) is 1. The fourth-order valence-corrected chi connectivity index (χ4v) is 1.73. The summed E-state index contributed by atoms with van der Waals surface area (Å²) in [5, 5.41) is -1.09. The van der Waals surface area contributed by atoms with Crippen LogP contribution in [0.1, 0.15) is 13.3 Å². The van der Waals surface area contributed by atoms with Crippen LogP contribution in [0.4, 0.5) is 13.2 Å². The summed E-state index contributed by atoms with van der Waals surface area (Å²) < 4.78 is 37.9. The van der Waals surface area contributed by atoms with Crippen molar-refractivity contribution in [1.82, 2.24) is 4.90 Å². The highest BCUT2D eigenvalue weighted by Crippen LogP contribution is 2.35. The van der Waals surface area contributed by atoms with Crippen LogP contribution in [0.5, 0.6) is 0 Å². The van der Waals surface area contributed by atoms with E-state index in [0.29, 0.717) is 6.42 Å². The molecule has 0 aliphatic carbocycles. The molecule has 16 heavy (non-hydrogen) atoms. The minimum atomic E-state index is -4.55. The van der Waals surface area contributed by atoms with Crippen LogP contribution in [-0.2, 0) is 4.79 Å². The summed E-state index contributed by atoms with van der Waals surface area (Å²) in [6.45, 7) is 1.77. The fraction of sp³-hybridized carbons (Fsp3) is 0.500. The second-order valence-corrected chi connectivity index (χ2v) is 3.88. The lowest BCUT2D eigenvalue weighted by Gasteiger charge is -2.30. The smallest absolute Gasteiger partial charge is 0.373 e. The molecular formula is C10H11ClF3NO. The topological polar surface area (TPSA) is 20.3 Å². The molecule has 0 amide bonds. The van der Waals surface area contributed by atoms with E-state index in [4.69, 9.17) is 11.6 Å². The van der Waals surface area contributed by atoms with Gasteiger partial charge in [-0.15, -0.1) is 0 Å². The van der Waals surface area contributed by atoms with Crippen LogP contribution in [0, 0.1) is 0 Å². The van der Waals surface area contributed by atoms with Gasteiger partial charge in [-0.1, -0.05) is 6.92 Å². The molecule has 1 aliphatic heterocycles. The lowest BCUT2D eigenvalue weighted by Crippen LogP contribution is -2.32. The highest BCUT2D eigenvalue weighted by Gasteiger charge is 2.40. The van der Waals surface area contributed by atoms with Crippen LogP contribution in [0.3, 0.4) is 0 Å². The van der Waals surface area contributed by atoms with Crippen molar-refractivity contribution in [2.45, 2.75) is 25.6 Å². The second-order valence-electron chi connectivity index (χ2n) is 3.54. The third-order valence-electron chi connectivity index (χ3n) is 2.44. The van der Waals surface area contributed by atoms with Gasteiger partial charge >= 0.3 is 6.18 Å². The molecule has 0 aromatic rings. The Morgan fingerprint density at radius 1 is 1.56 bits per heavy atom. The molecule has 1 atom stereocenters. The van der Waals surface area contributed by atoms with Gasteiger partial charge in [0.05, 0.1) is 11.1 Å². The predicted molar refractivity (Wildman–Crippen MR) is 54.9 cm³/mol. The Balaban J connectivity index is 3.18. The van der Waals surface area contributed by atoms with Crippen molar-refractivity contribution in [3.05, 3.63) is 23.4 Å². The third kappa shape index (κ3) is 2.58. The standard InChI is InChI=1S/C10H11ClF3NO/c1-3-6-4-8(10(12,13)14)7(9(11)16)5-15(6)2/h4-6H,3H2,1-2H3. The number of hydrogen-bond acceptors (Lipinski definition) is 2. The van der Waals surface area contributed by atoms with Crippen LogP contribution in [0.25, 0.3) is 0 Å². The van der Waals surface area contributed by atoms with E-state index < -0.39 is 22.6 Å². The van der Waals surface area contributed by atoms with Gasteiger partial charge in [0, 0.05) is 19.3 Å². The number of allylic oxidation sites excluding steroid dienone is 2. The quantitative estimate of drug-likeness (QED) is 0.706. The van der Waals surface area contributed by atoms with Gasteiger partial charge in [-0.25, -0.2) is 0 Å². The van der Waals surface area contributed by atoms with Gasteiger partial charge in [-0.05, 0) is 24.1 Å². The van der Waals surface area contributed by atoms with Gasteiger partial charge in [-0.3, -0.25) is 4.79 Å². The normalized spacial score (nSPS) is 21.6. The largest absolute Gasteiger partial charge is 0.416 e. The van der Waals surface area contributed by atoms with Crippen molar-refractivity contribution in [2.24, 2.45) is 0 Å². The second kappa shape index (κ2) is 4.49. The maximum absolute atomic E-state index is 12.6. The lowest BCUT2D eigenvalue weighted by atomic mass is 9.99. The van der Waals surface area contributed by atoms with Crippen LogP contribution < -0.4 is 0 Å². The molecule has 0 fully saturated rings. The van der Waals surface area contributed by atoms with Crippen LogP contribution in [0.15, 0.2) is 23.4 Å². The molecular weight excluding hydrogens is 243 g/mol. The van der Waals surface area contributed by atoms with E-state index in [1.54, 1.807) is 18.9 Å². The third-order valence-corrected chi connectivity index (χ3v) is 2.64. The van der Waals surface area contributed by atoms with Crippen molar-refractivity contribution in [3.63, 3.8) is 0 Å². The van der Waals surface area contributed by atoms with Crippen LogP contribution in [-0.4, -0.2) is 29.4 Å². The maximum atomic E-state index is 12.6. The number of hydrogen-bond donors (Lipinski definition) is 0. The molecule has 0 aromatic heterocycles. The number of halogens is 4. The first-order valence-corrected chi connectivity index (χ1v) is 5.08. The molecule has 0 bridgehead atoms. The Morgan fingerprint density at radius 3 is 2.50 bits per heavy atom. The zero-order valence-electron chi connectivity index (χ0n) is 8.81. The number of carbonyl (C=O) groups is 1. The maximum Gasteiger partial charge on any atom is 0.416 e. The number of likely N-dealkylation sites (N-methyl/N-ethyl adjacent to an activating group) is 1. The first-order chi connectivity index (χ1) is 7.27. The molecule has 0 radical (unpaired) electrons. The van der Waals surface area contributed by atoms with Crippen molar-refractivity contribution in [2.75, 3.05) is 7.05 Å². The molecule has 1 aliphatic rings. The molecule has 1 rings (SSSR count). The zero-order valence-corrected chi connectivity index (χ0v) is 9.56. The Kier molecular flexibility index (Phi) is 3.68. The van der Waals surface area contributed by atoms with Crippen LogP contribution >= 0.6 is 11.6 Å². The van der Waals surface area contributed by atoms with Gasteiger partial charge in [0.25, 0.3) is 5.24 Å². The first kappa shape index (κ1) is 13.1. The van der Waals surface area contributed by atoms with E-state index in [1.165, 1.54) is 0 Å². The molecule has 0 saturated heterocycles. The van der Waals surface area contributed by atoms with E-state index in [-0.39, 0.29) is 6.04 Å². The lowest BCUT2D eigenvalue weighted by molar-refractivity contribution is -0.111. The predicted octanol–water partition coefficient (Wildman–Crippen LogP) is 2.85. The summed E-state index contributed by atoms with van der Waals surface area (Å²) >= 11 is 5.14. The summed E-state index contributed by atoms with van der Waals surface area (Å²) in [7, 11) is 1.61. The van der Waals surface area contributed by atoms with Crippen molar-refractivity contribution < 1.29 is 18.0 Å². The molecule has 0 spiro atoms. The highest BCUT2D eigenvalue weighted by molar-refractivity contribution is 6.68. The molecule has 6 heteroatoms. The van der Waals surface area contributed by atoms with Crippen molar-refractivity contribution in [3.8, 4) is 0 Å². The van der Waals surface area contributed by atoms with E-state index in [0.717, 1.165) is 12.3 Å². The molecule has 2 nitrogen and oxygen atoms in total. The van der Waals surface area contributed by atoms with E-state index in [2.05, 4.69) is 0 Å². The number of carbonyl (C=O) groups excluding carboxylic acids is 1. The zero-order chi connectivity index (χ0) is 12.5. The summed E-state index contributed by atoms with van der Waals surface area (Å²) in [4.78, 5) is 12.5. The molecule has 90 valence electrons. The molecule has 0 saturated carbocycles. The molecule has 0 N–H and O–H groups in total. The van der Waals surface area contributed by atoms with E-state index >= 15 is 0 Å². The monoisotopic (exact) mass is 253 g/mol.